The summed E-state index contributed by atoms with van der Waals surface area (Å²) in [4.78, 5) is 14.3. The van der Waals surface area contributed by atoms with Crippen LogP contribution >= 0.6 is 0 Å². The molecule has 1 atom stereocenters. The summed E-state index contributed by atoms with van der Waals surface area (Å²) in [6, 6.07) is 11.5. The first-order valence-corrected chi connectivity index (χ1v) is 8.25. The number of anilines is 1. The SMILES string of the molecule is O=C(Nc1cc(F)cc(F)c1)N(Cc1ccccc1)C(CO)C1CC1. The third-order valence-corrected chi connectivity index (χ3v) is 4.32. The van der Waals surface area contributed by atoms with Gasteiger partial charge in [-0.05, 0) is 36.5 Å². The summed E-state index contributed by atoms with van der Waals surface area (Å²) in [6.45, 7) is 0.161. The monoisotopic (exact) mass is 346 g/mol. The van der Waals surface area contributed by atoms with Crippen molar-refractivity contribution >= 4 is 11.7 Å². The molecule has 0 saturated heterocycles. The van der Waals surface area contributed by atoms with Gasteiger partial charge >= 0.3 is 6.03 Å². The molecule has 0 radical (unpaired) electrons. The molecule has 0 spiro atoms. The van der Waals surface area contributed by atoms with Gasteiger partial charge in [-0.15, -0.1) is 0 Å². The van der Waals surface area contributed by atoms with Crippen molar-refractivity contribution in [3.63, 3.8) is 0 Å². The highest BCUT2D eigenvalue weighted by atomic mass is 19.1. The molecule has 6 heteroatoms. The van der Waals surface area contributed by atoms with E-state index in [4.69, 9.17) is 0 Å². The first-order valence-electron chi connectivity index (χ1n) is 8.25. The molecule has 1 aliphatic carbocycles. The zero-order chi connectivity index (χ0) is 17.8. The fourth-order valence-corrected chi connectivity index (χ4v) is 2.92. The zero-order valence-corrected chi connectivity index (χ0v) is 13.7. The summed E-state index contributed by atoms with van der Waals surface area (Å²) in [6.07, 6.45) is 1.91. The number of hydrogen-bond acceptors (Lipinski definition) is 2. The minimum Gasteiger partial charge on any atom is -0.394 e. The topological polar surface area (TPSA) is 52.6 Å². The fraction of sp³-hybridized carbons (Fsp3) is 0.316. The number of carbonyl (C=O) groups excluding carboxylic acids is 1. The number of hydrogen-bond donors (Lipinski definition) is 2. The molecule has 2 aromatic carbocycles. The van der Waals surface area contributed by atoms with Crippen LogP contribution in [-0.2, 0) is 6.54 Å². The lowest BCUT2D eigenvalue weighted by Gasteiger charge is -2.31. The summed E-state index contributed by atoms with van der Waals surface area (Å²) >= 11 is 0. The zero-order valence-electron chi connectivity index (χ0n) is 13.7. The highest BCUT2D eigenvalue weighted by molar-refractivity contribution is 5.89. The summed E-state index contributed by atoms with van der Waals surface area (Å²) in [5.74, 6) is -1.26. The normalized spacial score (nSPS) is 14.8. The molecule has 0 aliphatic heterocycles. The molecule has 2 aromatic rings. The van der Waals surface area contributed by atoms with E-state index in [1.54, 1.807) is 0 Å². The van der Waals surface area contributed by atoms with Gasteiger partial charge in [0.05, 0.1) is 12.6 Å². The van der Waals surface area contributed by atoms with Gasteiger partial charge in [0.15, 0.2) is 0 Å². The second-order valence-electron chi connectivity index (χ2n) is 6.29. The lowest BCUT2D eigenvalue weighted by molar-refractivity contribution is 0.124. The van der Waals surface area contributed by atoms with E-state index >= 15 is 0 Å². The lowest BCUT2D eigenvalue weighted by Crippen LogP contribution is -2.45. The van der Waals surface area contributed by atoms with Crippen LogP contribution in [0.5, 0.6) is 0 Å². The Bertz CT molecular complexity index is 715. The molecule has 25 heavy (non-hydrogen) atoms. The maximum Gasteiger partial charge on any atom is 0.322 e. The Morgan fingerprint density at radius 2 is 1.80 bits per heavy atom. The molecule has 2 amide bonds. The molecule has 1 unspecified atom stereocenters. The van der Waals surface area contributed by atoms with Crippen LogP contribution in [-0.4, -0.2) is 28.7 Å². The summed E-state index contributed by atoms with van der Waals surface area (Å²) < 4.78 is 26.7. The van der Waals surface area contributed by atoms with Gasteiger partial charge in [-0.1, -0.05) is 30.3 Å². The van der Waals surface area contributed by atoms with Gasteiger partial charge < -0.3 is 15.3 Å². The Balaban J connectivity index is 1.80. The smallest absolute Gasteiger partial charge is 0.322 e. The number of nitrogens with zero attached hydrogens (tertiary/aromatic N) is 1. The minimum atomic E-state index is -0.759. The molecule has 1 fully saturated rings. The van der Waals surface area contributed by atoms with Crippen LogP contribution in [0.3, 0.4) is 0 Å². The van der Waals surface area contributed by atoms with Gasteiger partial charge in [-0.3, -0.25) is 0 Å². The summed E-state index contributed by atoms with van der Waals surface area (Å²) in [5, 5.41) is 12.3. The largest absolute Gasteiger partial charge is 0.394 e. The van der Waals surface area contributed by atoms with Crippen molar-refractivity contribution in [3.05, 3.63) is 65.7 Å². The summed E-state index contributed by atoms with van der Waals surface area (Å²) in [5.41, 5.74) is 0.968. The number of amides is 2. The second-order valence-corrected chi connectivity index (χ2v) is 6.29. The fourth-order valence-electron chi connectivity index (χ4n) is 2.92. The predicted octanol–water partition coefficient (Wildman–Crippen LogP) is 3.77. The second kappa shape index (κ2) is 7.61. The molecule has 3 rings (SSSR count). The van der Waals surface area contributed by atoms with Crippen molar-refractivity contribution < 1.29 is 18.7 Å². The van der Waals surface area contributed by atoms with Crippen LogP contribution in [0.1, 0.15) is 18.4 Å². The van der Waals surface area contributed by atoms with Gasteiger partial charge in [-0.25, -0.2) is 13.6 Å². The van der Waals surface area contributed by atoms with Gasteiger partial charge in [0, 0.05) is 18.3 Å². The first kappa shape index (κ1) is 17.4. The van der Waals surface area contributed by atoms with Crippen molar-refractivity contribution in [2.24, 2.45) is 5.92 Å². The molecule has 1 aliphatic rings. The number of urea groups is 1. The standard InChI is InChI=1S/C19H20F2N2O2/c20-15-8-16(21)10-17(9-15)22-19(25)23(18(12-24)14-6-7-14)11-13-4-2-1-3-5-13/h1-5,8-10,14,18,24H,6-7,11-12H2,(H,22,25). The molecule has 2 N–H and O–H groups in total. The van der Waals surface area contributed by atoms with E-state index in [0.717, 1.165) is 36.6 Å². The molecular formula is C19H20F2N2O2. The summed E-state index contributed by atoms with van der Waals surface area (Å²) in [7, 11) is 0. The molecule has 132 valence electrons. The first-order chi connectivity index (χ1) is 12.1. The van der Waals surface area contributed by atoms with Crippen molar-refractivity contribution in [3.8, 4) is 0 Å². The van der Waals surface area contributed by atoms with Gasteiger partial charge in [0.1, 0.15) is 11.6 Å². The van der Waals surface area contributed by atoms with Crippen LogP contribution in [0, 0.1) is 17.6 Å². The third-order valence-electron chi connectivity index (χ3n) is 4.32. The molecular weight excluding hydrogens is 326 g/mol. The van der Waals surface area contributed by atoms with Crippen LogP contribution in [0.15, 0.2) is 48.5 Å². The van der Waals surface area contributed by atoms with E-state index in [2.05, 4.69) is 5.32 Å². The quantitative estimate of drug-likeness (QED) is 0.837. The van der Waals surface area contributed by atoms with Crippen molar-refractivity contribution in [1.82, 2.24) is 4.90 Å². The van der Waals surface area contributed by atoms with Crippen molar-refractivity contribution in [2.75, 3.05) is 11.9 Å². The Labute approximate surface area is 145 Å². The molecule has 0 heterocycles. The van der Waals surface area contributed by atoms with E-state index < -0.39 is 17.7 Å². The number of nitrogens with one attached hydrogen (secondary N) is 1. The highest BCUT2D eigenvalue weighted by Crippen LogP contribution is 2.36. The van der Waals surface area contributed by atoms with Crippen LogP contribution in [0.4, 0.5) is 19.3 Å². The molecule has 0 aromatic heterocycles. The van der Waals surface area contributed by atoms with E-state index in [1.165, 1.54) is 4.90 Å². The van der Waals surface area contributed by atoms with Crippen molar-refractivity contribution in [1.29, 1.82) is 0 Å². The number of aliphatic hydroxyl groups excluding tert-OH is 1. The maximum absolute atomic E-state index is 13.3. The van der Waals surface area contributed by atoms with Crippen LogP contribution in [0.25, 0.3) is 0 Å². The number of benzene rings is 2. The highest BCUT2D eigenvalue weighted by Gasteiger charge is 2.37. The Morgan fingerprint density at radius 1 is 1.16 bits per heavy atom. The van der Waals surface area contributed by atoms with Gasteiger partial charge in [-0.2, -0.15) is 0 Å². The molecule has 4 nitrogen and oxygen atoms in total. The number of aliphatic hydroxyl groups is 1. The van der Waals surface area contributed by atoms with E-state index in [1.807, 2.05) is 30.3 Å². The number of carbonyl (C=O) groups is 1. The lowest BCUT2D eigenvalue weighted by atomic mass is 10.1. The van der Waals surface area contributed by atoms with Crippen LogP contribution < -0.4 is 5.32 Å². The van der Waals surface area contributed by atoms with Crippen molar-refractivity contribution in [2.45, 2.75) is 25.4 Å². The van der Waals surface area contributed by atoms with Gasteiger partial charge in [0.25, 0.3) is 0 Å². The number of rotatable bonds is 6. The Hall–Kier alpha value is -2.47. The minimum absolute atomic E-state index is 0.0491. The third kappa shape index (κ3) is 4.54. The molecule has 1 saturated carbocycles. The maximum atomic E-state index is 13.3. The van der Waals surface area contributed by atoms with E-state index in [0.29, 0.717) is 6.54 Å². The average molecular weight is 346 g/mol. The van der Waals surface area contributed by atoms with E-state index in [-0.39, 0.29) is 24.3 Å². The Morgan fingerprint density at radius 3 is 2.36 bits per heavy atom. The van der Waals surface area contributed by atoms with E-state index in [9.17, 15) is 18.7 Å². The van der Waals surface area contributed by atoms with Gasteiger partial charge in [0.2, 0.25) is 0 Å². The van der Waals surface area contributed by atoms with Crippen LogP contribution in [0.2, 0.25) is 0 Å². The molecule has 0 bridgehead atoms. The Kier molecular flexibility index (Phi) is 5.28. The average Bonchev–Trinajstić information content (AvgIpc) is 3.39. The number of halogens is 2. The predicted molar refractivity (Wildman–Crippen MR) is 91.0 cm³/mol.